The Balaban J connectivity index is 2.16. The number of rotatable bonds is 4. The average molecular weight is 401 g/mol. The summed E-state index contributed by atoms with van der Waals surface area (Å²) in [5, 5.41) is 0. The minimum absolute atomic E-state index is 0.0131. The fourth-order valence-corrected chi connectivity index (χ4v) is 5.02. The van der Waals surface area contributed by atoms with Crippen molar-refractivity contribution in [3.05, 3.63) is 49.0 Å². The molecule has 102 valence electrons. The Morgan fingerprint density at radius 2 is 2.00 bits per heavy atom. The van der Waals surface area contributed by atoms with Crippen molar-refractivity contribution in [3.63, 3.8) is 0 Å². The minimum Gasteiger partial charge on any atom is -0.207 e. The number of thiophene rings is 1. The first kappa shape index (κ1) is 15.3. The molecule has 2 rings (SSSR count). The fraction of sp³-hybridized carbons (Fsp3) is 0.0909. The summed E-state index contributed by atoms with van der Waals surface area (Å²) in [6, 6.07) is 8.72. The molecule has 0 saturated heterocycles. The molecule has 19 heavy (non-hydrogen) atoms. The maximum absolute atomic E-state index is 12.1. The lowest BCUT2D eigenvalue weighted by Crippen LogP contribution is -2.23. The number of sulfonamides is 1. The lowest BCUT2D eigenvalue weighted by atomic mass is 10.2. The molecule has 0 aliphatic rings. The van der Waals surface area contributed by atoms with E-state index in [4.69, 9.17) is 23.2 Å². The van der Waals surface area contributed by atoms with E-state index in [1.165, 1.54) is 6.07 Å². The van der Waals surface area contributed by atoms with Gasteiger partial charge < -0.3 is 0 Å². The second-order valence-corrected chi connectivity index (χ2v) is 8.58. The van der Waals surface area contributed by atoms with Crippen molar-refractivity contribution in [2.45, 2.75) is 11.4 Å². The van der Waals surface area contributed by atoms with Crippen LogP contribution in [0.1, 0.15) is 5.56 Å². The topological polar surface area (TPSA) is 46.2 Å². The molecule has 0 saturated carbocycles. The van der Waals surface area contributed by atoms with Gasteiger partial charge in [-0.1, -0.05) is 51.3 Å². The molecule has 1 N–H and O–H groups in total. The molecule has 3 nitrogen and oxygen atoms in total. The standard InChI is InChI=1S/C11H8BrCl2NO2S2/c12-8-3-1-2-7(4-8)6-15-19(16,17)9-5-10(13)18-11(9)14/h1-5,15H,6H2. The molecule has 2 aromatic rings. The second-order valence-electron chi connectivity index (χ2n) is 3.64. The van der Waals surface area contributed by atoms with Gasteiger partial charge in [0.1, 0.15) is 9.23 Å². The summed E-state index contributed by atoms with van der Waals surface area (Å²) in [4.78, 5) is 0.0131. The largest absolute Gasteiger partial charge is 0.243 e. The summed E-state index contributed by atoms with van der Waals surface area (Å²) in [5.41, 5.74) is 0.843. The van der Waals surface area contributed by atoms with E-state index in [0.717, 1.165) is 21.4 Å². The summed E-state index contributed by atoms with van der Waals surface area (Å²) in [6.07, 6.45) is 0. The van der Waals surface area contributed by atoms with E-state index < -0.39 is 10.0 Å². The van der Waals surface area contributed by atoms with E-state index in [9.17, 15) is 8.42 Å². The van der Waals surface area contributed by atoms with Crippen LogP contribution >= 0.6 is 50.5 Å². The molecule has 0 spiro atoms. The maximum atomic E-state index is 12.1. The first-order chi connectivity index (χ1) is 8.88. The van der Waals surface area contributed by atoms with Crippen LogP contribution in [0.4, 0.5) is 0 Å². The van der Waals surface area contributed by atoms with Crippen LogP contribution in [-0.2, 0) is 16.6 Å². The molecule has 0 unspecified atom stereocenters. The summed E-state index contributed by atoms with van der Waals surface area (Å²) in [5.74, 6) is 0. The summed E-state index contributed by atoms with van der Waals surface area (Å²) in [7, 11) is -3.65. The molecular weight excluding hydrogens is 393 g/mol. The summed E-state index contributed by atoms with van der Waals surface area (Å²) < 4.78 is 28.0. The molecule has 0 fully saturated rings. The van der Waals surface area contributed by atoms with Gasteiger partial charge in [-0.25, -0.2) is 13.1 Å². The van der Waals surface area contributed by atoms with Gasteiger partial charge >= 0.3 is 0 Å². The monoisotopic (exact) mass is 399 g/mol. The zero-order valence-corrected chi connectivity index (χ0v) is 14.1. The highest BCUT2D eigenvalue weighted by molar-refractivity contribution is 9.10. The minimum atomic E-state index is -3.65. The normalized spacial score (nSPS) is 11.7. The Bertz CT molecular complexity index is 700. The van der Waals surface area contributed by atoms with Gasteiger partial charge in [0, 0.05) is 11.0 Å². The van der Waals surface area contributed by atoms with E-state index in [-0.39, 0.29) is 15.8 Å². The van der Waals surface area contributed by atoms with Crippen molar-refractivity contribution < 1.29 is 8.42 Å². The van der Waals surface area contributed by atoms with Gasteiger partial charge in [0.15, 0.2) is 0 Å². The van der Waals surface area contributed by atoms with E-state index in [0.29, 0.717) is 4.34 Å². The zero-order chi connectivity index (χ0) is 14.0. The van der Waals surface area contributed by atoms with Gasteiger partial charge in [-0.3, -0.25) is 0 Å². The third-order valence-electron chi connectivity index (χ3n) is 2.27. The van der Waals surface area contributed by atoms with Gasteiger partial charge in [0.2, 0.25) is 10.0 Å². The van der Waals surface area contributed by atoms with Crippen molar-refractivity contribution in [2.24, 2.45) is 0 Å². The molecule has 0 aliphatic carbocycles. The van der Waals surface area contributed by atoms with E-state index in [1.54, 1.807) is 0 Å². The SMILES string of the molecule is O=S(=O)(NCc1cccc(Br)c1)c1cc(Cl)sc1Cl. The van der Waals surface area contributed by atoms with E-state index in [1.807, 2.05) is 24.3 Å². The van der Waals surface area contributed by atoms with Gasteiger partial charge in [-0.05, 0) is 23.8 Å². The molecule has 1 aromatic heterocycles. The van der Waals surface area contributed by atoms with Crippen LogP contribution in [0.25, 0.3) is 0 Å². The van der Waals surface area contributed by atoms with Gasteiger partial charge in [-0.2, -0.15) is 0 Å². The third-order valence-corrected chi connectivity index (χ3v) is 5.92. The molecule has 0 bridgehead atoms. The van der Waals surface area contributed by atoms with Crippen LogP contribution in [0.2, 0.25) is 8.67 Å². The van der Waals surface area contributed by atoms with Crippen molar-refractivity contribution >= 4 is 60.5 Å². The highest BCUT2D eigenvalue weighted by Crippen LogP contribution is 2.34. The van der Waals surface area contributed by atoms with Crippen molar-refractivity contribution in [3.8, 4) is 0 Å². The number of hydrogen-bond donors (Lipinski definition) is 1. The Kier molecular flexibility index (Phi) is 4.92. The van der Waals surface area contributed by atoms with Crippen LogP contribution in [0.15, 0.2) is 39.7 Å². The zero-order valence-electron chi connectivity index (χ0n) is 9.36. The first-order valence-electron chi connectivity index (χ1n) is 5.07. The van der Waals surface area contributed by atoms with E-state index in [2.05, 4.69) is 20.7 Å². The quantitative estimate of drug-likeness (QED) is 0.831. The smallest absolute Gasteiger partial charge is 0.207 e. The summed E-state index contributed by atoms with van der Waals surface area (Å²) >= 11 is 15.9. The predicted molar refractivity (Wildman–Crippen MR) is 82.5 cm³/mol. The van der Waals surface area contributed by atoms with Gasteiger partial charge in [-0.15, -0.1) is 11.3 Å². The average Bonchev–Trinajstić information content (AvgIpc) is 2.67. The molecule has 0 aliphatic heterocycles. The van der Waals surface area contributed by atoms with Crippen LogP contribution in [-0.4, -0.2) is 8.42 Å². The molecule has 1 aromatic carbocycles. The van der Waals surface area contributed by atoms with E-state index >= 15 is 0 Å². The summed E-state index contributed by atoms with van der Waals surface area (Å²) in [6.45, 7) is 0.186. The van der Waals surface area contributed by atoms with Crippen LogP contribution < -0.4 is 4.72 Å². The van der Waals surface area contributed by atoms with Gasteiger partial charge in [0.25, 0.3) is 0 Å². The Labute approximate surface area is 133 Å². The highest BCUT2D eigenvalue weighted by atomic mass is 79.9. The number of nitrogens with one attached hydrogen (secondary N) is 1. The number of halogens is 3. The van der Waals surface area contributed by atoms with Gasteiger partial charge in [0.05, 0.1) is 4.34 Å². The Hall–Kier alpha value is -0.110. The maximum Gasteiger partial charge on any atom is 0.243 e. The molecule has 1 heterocycles. The number of benzene rings is 1. The lowest BCUT2D eigenvalue weighted by Gasteiger charge is -2.06. The predicted octanol–water partition coefficient (Wildman–Crippen LogP) is 4.30. The van der Waals surface area contributed by atoms with Crippen molar-refractivity contribution in [1.82, 2.24) is 4.72 Å². The lowest BCUT2D eigenvalue weighted by molar-refractivity contribution is 0.582. The third kappa shape index (κ3) is 3.93. The number of hydrogen-bond acceptors (Lipinski definition) is 3. The van der Waals surface area contributed by atoms with Crippen LogP contribution in [0, 0.1) is 0 Å². The van der Waals surface area contributed by atoms with Crippen molar-refractivity contribution in [2.75, 3.05) is 0 Å². The van der Waals surface area contributed by atoms with Crippen LogP contribution in [0.3, 0.4) is 0 Å². The highest BCUT2D eigenvalue weighted by Gasteiger charge is 2.20. The molecular formula is C11H8BrCl2NO2S2. The second kappa shape index (κ2) is 6.11. The fourth-order valence-electron chi connectivity index (χ4n) is 1.41. The Morgan fingerprint density at radius 3 is 2.58 bits per heavy atom. The first-order valence-corrected chi connectivity index (χ1v) is 8.92. The molecule has 0 radical (unpaired) electrons. The molecule has 8 heteroatoms. The van der Waals surface area contributed by atoms with Crippen LogP contribution in [0.5, 0.6) is 0 Å². The molecule has 0 amide bonds. The van der Waals surface area contributed by atoms with Crippen molar-refractivity contribution in [1.29, 1.82) is 0 Å². The Morgan fingerprint density at radius 1 is 1.26 bits per heavy atom. The molecule has 0 atom stereocenters.